The molecule has 0 unspecified atom stereocenters. The van der Waals surface area contributed by atoms with Crippen molar-refractivity contribution in [1.29, 1.82) is 0 Å². The molecule has 2 aliphatic carbocycles. The molecule has 1 aromatic carbocycles. The van der Waals surface area contributed by atoms with E-state index in [0.717, 1.165) is 18.6 Å². The third-order valence-corrected chi connectivity index (χ3v) is 6.32. The van der Waals surface area contributed by atoms with Crippen molar-refractivity contribution in [3.05, 3.63) is 29.8 Å². The minimum Gasteiger partial charge on any atom is -0.484 e. The van der Waals surface area contributed by atoms with Crippen LogP contribution in [0.3, 0.4) is 0 Å². The van der Waals surface area contributed by atoms with Crippen LogP contribution in [-0.4, -0.2) is 24.1 Å². The molecule has 6 nitrogen and oxygen atoms in total. The van der Waals surface area contributed by atoms with E-state index in [1.807, 2.05) is 0 Å². The van der Waals surface area contributed by atoms with Gasteiger partial charge in [-0.2, -0.15) is 5.10 Å². The number of primary amides is 1. The van der Waals surface area contributed by atoms with Gasteiger partial charge in [0, 0.05) is 16.7 Å². The Bertz CT molecular complexity index is 741. The van der Waals surface area contributed by atoms with Gasteiger partial charge in [-0.3, -0.25) is 9.59 Å². The van der Waals surface area contributed by atoms with E-state index in [9.17, 15) is 9.59 Å². The highest BCUT2D eigenvalue weighted by molar-refractivity contribution is 5.95. The van der Waals surface area contributed by atoms with Crippen molar-refractivity contribution in [3.8, 4) is 5.75 Å². The van der Waals surface area contributed by atoms with Crippen molar-refractivity contribution in [1.82, 2.24) is 5.43 Å². The number of nitrogens with two attached hydrogens (primary N) is 1. The first-order valence-electron chi connectivity index (χ1n) is 8.62. The summed E-state index contributed by atoms with van der Waals surface area (Å²) in [5, 5.41) is 4.39. The molecule has 25 heavy (non-hydrogen) atoms. The molecule has 3 N–H and O–H groups in total. The van der Waals surface area contributed by atoms with Crippen LogP contribution in [0, 0.1) is 16.7 Å². The van der Waals surface area contributed by atoms with Gasteiger partial charge in [0.05, 0.1) is 0 Å². The molecule has 1 aromatic rings. The molecule has 2 fully saturated rings. The van der Waals surface area contributed by atoms with E-state index >= 15 is 0 Å². The van der Waals surface area contributed by atoms with E-state index < -0.39 is 5.91 Å². The Morgan fingerprint density at radius 1 is 1.36 bits per heavy atom. The molecular weight excluding hydrogens is 318 g/mol. The third-order valence-electron chi connectivity index (χ3n) is 6.32. The maximum absolute atomic E-state index is 12.0. The van der Waals surface area contributed by atoms with E-state index in [1.165, 1.54) is 12.5 Å². The van der Waals surface area contributed by atoms with E-state index in [4.69, 9.17) is 10.5 Å². The summed E-state index contributed by atoms with van der Waals surface area (Å²) in [6.45, 7) is 6.67. The van der Waals surface area contributed by atoms with E-state index in [-0.39, 0.29) is 23.3 Å². The first-order valence-corrected chi connectivity index (χ1v) is 8.62. The van der Waals surface area contributed by atoms with Crippen molar-refractivity contribution >= 4 is 17.5 Å². The van der Waals surface area contributed by atoms with E-state index in [1.54, 1.807) is 18.2 Å². The summed E-state index contributed by atoms with van der Waals surface area (Å²) >= 11 is 0. The highest BCUT2D eigenvalue weighted by atomic mass is 16.5. The molecule has 3 rings (SSSR count). The van der Waals surface area contributed by atoms with Crippen molar-refractivity contribution < 1.29 is 14.3 Å². The van der Waals surface area contributed by atoms with Crippen molar-refractivity contribution in [2.24, 2.45) is 27.6 Å². The number of hydrogen-bond acceptors (Lipinski definition) is 4. The number of rotatable bonds is 5. The predicted octanol–water partition coefficient (Wildman–Crippen LogP) is 2.48. The number of carbonyl (C=O) groups excluding carboxylic acids is 2. The van der Waals surface area contributed by atoms with Crippen LogP contribution in [0.25, 0.3) is 0 Å². The molecule has 2 saturated carbocycles. The number of amides is 2. The summed E-state index contributed by atoms with van der Waals surface area (Å²) in [5.41, 5.74) is 9.55. The second-order valence-corrected chi connectivity index (χ2v) is 7.77. The lowest BCUT2D eigenvalue weighted by molar-refractivity contribution is -0.123. The van der Waals surface area contributed by atoms with Crippen LogP contribution >= 0.6 is 0 Å². The van der Waals surface area contributed by atoms with Crippen LogP contribution < -0.4 is 15.9 Å². The third kappa shape index (κ3) is 3.01. The summed E-state index contributed by atoms with van der Waals surface area (Å²) in [6.07, 6.45) is 3.30. The fourth-order valence-corrected chi connectivity index (χ4v) is 4.15. The van der Waals surface area contributed by atoms with Crippen molar-refractivity contribution in [3.63, 3.8) is 0 Å². The zero-order chi connectivity index (χ0) is 18.2. The van der Waals surface area contributed by atoms with Crippen LogP contribution in [0.1, 0.15) is 50.4 Å². The van der Waals surface area contributed by atoms with E-state index in [2.05, 4.69) is 31.3 Å². The molecule has 0 radical (unpaired) electrons. The molecule has 0 spiro atoms. The standard InChI is InChI=1S/C19H25N3O3/c1-18(2)13-7-8-19(18,3)15(10-13)21-22-16(23)11-25-14-6-4-5-12(9-14)17(20)24/h4-6,9,13H,7-8,10-11H2,1-3H3,(H2,20,24)(H,22,23)/t13-,19+/m0/s1. The van der Waals surface area contributed by atoms with Crippen LogP contribution in [0.5, 0.6) is 5.75 Å². The molecule has 2 amide bonds. The lowest BCUT2D eigenvalue weighted by Gasteiger charge is -2.34. The SMILES string of the molecule is CC1(C)[C@H]2CC[C@]1(C)C(=NNC(=O)COc1cccc(C(N)=O)c1)C2. The van der Waals surface area contributed by atoms with Gasteiger partial charge in [0.2, 0.25) is 5.91 Å². The van der Waals surface area contributed by atoms with Gasteiger partial charge in [0.25, 0.3) is 5.91 Å². The predicted molar refractivity (Wildman–Crippen MR) is 95.3 cm³/mol. The molecule has 134 valence electrons. The Morgan fingerprint density at radius 2 is 2.12 bits per heavy atom. The number of fused-ring (bicyclic) bond motifs is 2. The summed E-state index contributed by atoms with van der Waals surface area (Å²) in [7, 11) is 0. The zero-order valence-corrected chi connectivity index (χ0v) is 15.0. The maximum atomic E-state index is 12.0. The highest BCUT2D eigenvalue weighted by Crippen LogP contribution is 2.63. The van der Waals surface area contributed by atoms with E-state index in [0.29, 0.717) is 17.2 Å². The second-order valence-electron chi connectivity index (χ2n) is 7.77. The van der Waals surface area contributed by atoms with Crippen molar-refractivity contribution in [2.75, 3.05) is 6.61 Å². The molecule has 2 bridgehead atoms. The van der Waals surface area contributed by atoms with Crippen LogP contribution in [0.4, 0.5) is 0 Å². The Hall–Kier alpha value is -2.37. The van der Waals surface area contributed by atoms with Gasteiger partial charge in [-0.1, -0.05) is 26.8 Å². The van der Waals surface area contributed by atoms with Gasteiger partial charge < -0.3 is 10.5 Å². The summed E-state index contributed by atoms with van der Waals surface area (Å²) in [4.78, 5) is 23.2. The molecule has 0 aliphatic heterocycles. The average Bonchev–Trinajstić information content (AvgIpc) is 2.91. The fourth-order valence-electron chi connectivity index (χ4n) is 4.15. The lowest BCUT2D eigenvalue weighted by Crippen LogP contribution is -2.35. The summed E-state index contributed by atoms with van der Waals surface area (Å²) in [6, 6.07) is 6.44. The number of nitrogens with zero attached hydrogens (tertiary/aromatic N) is 1. The highest BCUT2D eigenvalue weighted by Gasteiger charge is 2.59. The van der Waals surface area contributed by atoms with Crippen LogP contribution in [0.2, 0.25) is 0 Å². The topological polar surface area (TPSA) is 93.8 Å². The molecule has 6 heteroatoms. The van der Waals surface area contributed by atoms with Gasteiger partial charge in [-0.15, -0.1) is 0 Å². The van der Waals surface area contributed by atoms with Gasteiger partial charge in [0.15, 0.2) is 6.61 Å². The second kappa shape index (κ2) is 6.17. The molecule has 0 saturated heterocycles. The van der Waals surface area contributed by atoms with Crippen LogP contribution in [0.15, 0.2) is 29.4 Å². The minimum absolute atomic E-state index is 0.0572. The smallest absolute Gasteiger partial charge is 0.277 e. The first-order chi connectivity index (χ1) is 11.7. The largest absolute Gasteiger partial charge is 0.484 e. The fraction of sp³-hybridized carbons (Fsp3) is 0.526. The molecular formula is C19H25N3O3. The zero-order valence-electron chi connectivity index (χ0n) is 15.0. The summed E-state index contributed by atoms with van der Waals surface area (Å²) < 4.78 is 5.41. The maximum Gasteiger partial charge on any atom is 0.277 e. The number of hydrogen-bond donors (Lipinski definition) is 2. The number of hydrazone groups is 1. The van der Waals surface area contributed by atoms with Crippen LogP contribution in [-0.2, 0) is 4.79 Å². The number of nitrogens with one attached hydrogen (secondary N) is 1. The number of ether oxygens (including phenoxy) is 1. The van der Waals surface area contributed by atoms with Gasteiger partial charge in [-0.05, 0) is 48.8 Å². The lowest BCUT2D eigenvalue weighted by atomic mass is 9.70. The molecule has 2 atom stereocenters. The van der Waals surface area contributed by atoms with Gasteiger partial charge in [0.1, 0.15) is 5.75 Å². The van der Waals surface area contributed by atoms with Crippen molar-refractivity contribution in [2.45, 2.75) is 40.0 Å². The first kappa shape index (κ1) is 17.5. The molecule has 0 heterocycles. The minimum atomic E-state index is -0.534. The Balaban J connectivity index is 1.57. The summed E-state index contributed by atoms with van der Waals surface area (Å²) in [5.74, 6) is 0.211. The average molecular weight is 343 g/mol. The normalized spacial score (nSPS) is 28.1. The Kier molecular flexibility index (Phi) is 4.31. The quantitative estimate of drug-likeness (QED) is 0.804. The van der Waals surface area contributed by atoms with Gasteiger partial charge >= 0.3 is 0 Å². The molecule has 0 aromatic heterocycles. The monoisotopic (exact) mass is 343 g/mol. The van der Waals surface area contributed by atoms with Gasteiger partial charge in [-0.25, -0.2) is 5.43 Å². The Morgan fingerprint density at radius 3 is 2.72 bits per heavy atom. The Labute approximate surface area is 147 Å². The number of carbonyl (C=O) groups is 2. The number of benzene rings is 1. The molecule has 2 aliphatic rings.